The van der Waals surface area contributed by atoms with E-state index in [9.17, 15) is 0 Å². The van der Waals surface area contributed by atoms with E-state index in [1.165, 1.54) is 0 Å². The zero-order valence-corrected chi connectivity index (χ0v) is 10.6. The van der Waals surface area contributed by atoms with E-state index in [4.69, 9.17) is 9.47 Å². The Hall–Kier alpha value is -0.630. The topological polar surface area (TPSA) is 30.5 Å². The van der Waals surface area contributed by atoms with Crippen LogP contribution in [0.15, 0.2) is 24.3 Å². The highest BCUT2D eigenvalue weighted by atomic mass is 31.0. The number of hydrogen-bond acceptors (Lipinski definition) is 3. The number of morpholine rings is 1. The molecule has 3 atom stereocenters. The van der Waals surface area contributed by atoms with Crippen molar-refractivity contribution in [2.75, 3.05) is 19.7 Å². The summed E-state index contributed by atoms with van der Waals surface area (Å²) in [6, 6.07) is 8.04. The quantitative estimate of drug-likeness (QED) is 0.812. The fraction of sp³-hybridized carbons (Fsp3) is 0.500. The lowest BCUT2D eigenvalue weighted by atomic mass is 10.2. The van der Waals surface area contributed by atoms with E-state index in [1.807, 2.05) is 31.2 Å². The van der Waals surface area contributed by atoms with Gasteiger partial charge in [0.05, 0.1) is 6.61 Å². The Labute approximate surface area is 98.7 Å². The number of rotatable bonds is 3. The van der Waals surface area contributed by atoms with Gasteiger partial charge in [-0.1, -0.05) is 27.4 Å². The normalized spacial score (nSPS) is 22.8. The first-order valence-corrected chi connectivity index (χ1v) is 6.24. The molecule has 1 N–H and O–H groups in total. The van der Waals surface area contributed by atoms with Crippen LogP contribution in [0.2, 0.25) is 0 Å². The molecule has 16 heavy (non-hydrogen) atoms. The Morgan fingerprint density at radius 1 is 1.50 bits per heavy atom. The van der Waals surface area contributed by atoms with Crippen LogP contribution in [0.4, 0.5) is 0 Å². The van der Waals surface area contributed by atoms with Crippen LogP contribution in [0.3, 0.4) is 0 Å². The zero-order chi connectivity index (χ0) is 11.4. The first kappa shape index (κ1) is 11.8. The summed E-state index contributed by atoms with van der Waals surface area (Å²) in [5.41, 5.74) is 1.15. The predicted octanol–water partition coefficient (Wildman–Crippen LogP) is 1.56. The molecule has 0 aromatic heterocycles. The van der Waals surface area contributed by atoms with E-state index in [-0.39, 0.29) is 11.9 Å². The van der Waals surface area contributed by atoms with E-state index < -0.39 is 0 Å². The van der Waals surface area contributed by atoms with Crippen molar-refractivity contribution < 1.29 is 9.47 Å². The molecule has 1 unspecified atom stereocenters. The maximum atomic E-state index is 5.88. The predicted molar refractivity (Wildman–Crippen MR) is 67.9 cm³/mol. The fourth-order valence-corrected chi connectivity index (χ4v) is 2.10. The van der Waals surface area contributed by atoms with Crippen molar-refractivity contribution in [1.29, 1.82) is 0 Å². The Morgan fingerprint density at radius 2 is 2.31 bits per heavy atom. The second-order valence-electron chi connectivity index (χ2n) is 3.96. The molecule has 1 fully saturated rings. The summed E-state index contributed by atoms with van der Waals surface area (Å²) in [4.78, 5) is 0. The van der Waals surface area contributed by atoms with E-state index >= 15 is 0 Å². The summed E-state index contributed by atoms with van der Waals surface area (Å²) in [6.07, 6.45) is 0.110. The summed E-state index contributed by atoms with van der Waals surface area (Å²) >= 11 is 0. The van der Waals surface area contributed by atoms with Crippen LogP contribution in [0.1, 0.15) is 5.56 Å². The van der Waals surface area contributed by atoms with Gasteiger partial charge in [0.15, 0.2) is 0 Å². The molecule has 0 amide bonds. The number of aryl methyl sites for hydroxylation is 1. The molecule has 1 aliphatic rings. The highest BCUT2D eigenvalue weighted by Crippen LogP contribution is 2.22. The minimum atomic E-state index is -0.00565. The van der Waals surface area contributed by atoms with Gasteiger partial charge in [0.25, 0.3) is 0 Å². The van der Waals surface area contributed by atoms with Crippen LogP contribution in [0.25, 0.3) is 0 Å². The number of hydrogen-bond donors (Lipinski definition) is 1. The SMILES string of the molecule is Cc1ccccc1O[C@@H](P)[C@@H]1CNCCO1. The standard InChI is InChI=1S/C12H18NO2P/c1-9-4-2-3-5-10(9)15-12(16)11-8-13-6-7-14-11/h2-5,11-13H,6-8,16H2,1H3/t11-,12-/m0/s1. The van der Waals surface area contributed by atoms with Gasteiger partial charge in [0.2, 0.25) is 0 Å². The Kier molecular flexibility index (Phi) is 4.16. The van der Waals surface area contributed by atoms with E-state index in [2.05, 4.69) is 14.6 Å². The molecule has 88 valence electrons. The smallest absolute Gasteiger partial charge is 0.138 e. The van der Waals surface area contributed by atoms with Gasteiger partial charge in [0.1, 0.15) is 17.7 Å². The first-order chi connectivity index (χ1) is 7.77. The number of nitrogens with one attached hydrogen (secondary N) is 1. The second kappa shape index (κ2) is 5.62. The average Bonchev–Trinajstić information content (AvgIpc) is 2.33. The number of ether oxygens (including phenoxy) is 2. The van der Waals surface area contributed by atoms with Gasteiger partial charge in [-0.2, -0.15) is 0 Å². The van der Waals surface area contributed by atoms with Crippen LogP contribution in [0.5, 0.6) is 5.75 Å². The maximum absolute atomic E-state index is 5.88. The Balaban J connectivity index is 1.96. The van der Waals surface area contributed by atoms with Gasteiger partial charge in [0, 0.05) is 13.1 Å². The highest BCUT2D eigenvalue weighted by Gasteiger charge is 2.22. The molecule has 4 heteroatoms. The maximum Gasteiger partial charge on any atom is 0.138 e. The number of benzene rings is 1. The lowest BCUT2D eigenvalue weighted by molar-refractivity contribution is -0.0121. The van der Waals surface area contributed by atoms with Gasteiger partial charge < -0.3 is 14.8 Å². The Bertz CT molecular complexity index is 340. The molecular weight excluding hydrogens is 221 g/mol. The van der Waals surface area contributed by atoms with E-state index in [0.717, 1.165) is 31.0 Å². The monoisotopic (exact) mass is 239 g/mol. The van der Waals surface area contributed by atoms with Crippen LogP contribution in [-0.2, 0) is 4.74 Å². The fourth-order valence-electron chi connectivity index (χ4n) is 1.71. The van der Waals surface area contributed by atoms with Crippen molar-refractivity contribution in [3.8, 4) is 5.75 Å². The van der Waals surface area contributed by atoms with Crippen LogP contribution in [0, 0.1) is 6.92 Å². The van der Waals surface area contributed by atoms with Crippen molar-refractivity contribution in [3.05, 3.63) is 29.8 Å². The lowest BCUT2D eigenvalue weighted by Crippen LogP contribution is -2.44. The van der Waals surface area contributed by atoms with Gasteiger partial charge in [-0.05, 0) is 18.6 Å². The lowest BCUT2D eigenvalue weighted by Gasteiger charge is -2.29. The first-order valence-electron chi connectivity index (χ1n) is 5.57. The molecule has 0 bridgehead atoms. The third-order valence-electron chi connectivity index (χ3n) is 2.68. The summed E-state index contributed by atoms with van der Waals surface area (Å²) in [6.45, 7) is 4.58. The molecule has 3 nitrogen and oxygen atoms in total. The molecule has 0 spiro atoms. The molecule has 0 aliphatic carbocycles. The summed E-state index contributed by atoms with van der Waals surface area (Å²) < 4.78 is 11.5. The van der Waals surface area contributed by atoms with Gasteiger partial charge in [-0.15, -0.1) is 0 Å². The van der Waals surface area contributed by atoms with Gasteiger partial charge in [-0.3, -0.25) is 0 Å². The zero-order valence-electron chi connectivity index (χ0n) is 9.48. The molecule has 1 aromatic carbocycles. The highest BCUT2D eigenvalue weighted by molar-refractivity contribution is 7.17. The summed E-state index contributed by atoms with van der Waals surface area (Å²) in [7, 11) is 2.71. The largest absolute Gasteiger partial charge is 0.484 e. The van der Waals surface area contributed by atoms with Crippen LogP contribution in [-0.4, -0.2) is 31.6 Å². The molecule has 1 aliphatic heterocycles. The molecule has 1 heterocycles. The third-order valence-corrected chi connectivity index (χ3v) is 3.24. The average molecular weight is 239 g/mol. The van der Waals surface area contributed by atoms with Crippen molar-refractivity contribution in [2.45, 2.75) is 18.9 Å². The minimum absolute atomic E-state index is 0.00565. The molecule has 0 radical (unpaired) electrons. The van der Waals surface area contributed by atoms with Crippen molar-refractivity contribution in [2.24, 2.45) is 0 Å². The summed E-state index contributed by atoms with van der Waals surface area (Å²) in [5.74, 6) is 0.922. The molecule has 1 aromatic rings. The molecule has 1 saturated heterocycles. The second-order valence-corrected chi connectivity index (χ2v) is 4.62. The number of para-hydroxylation sites is 1. The van der Waals surface area contributed by atoms with Gasteiger partial charge >= 0.3 is 0 Å². The Morgan fingerprint density at radius 3 is 3.00 bits per heavy atom. The van der Waals surface area contributed by atoms with Gasteiger partial charge in [-0.25, -0.2) is 0 Å². The van der Waals surface area contributed by atoms with Crippen LogP contribution >= 0.6 is 9.24 Å². The summed E-state index contributed by atoms with van der Waals surface area (Å²) in [5, 5.41) is 3.30. The van der Waals surface area contributed by atoms with E-state index in [0.29, 0.717) is 0 Å². The van der Waals surface area contributed by atoms with E-state index in [1.54, 1.807) is 0 Å². The third kappa shape index (κ3) is 2.94. The van der Waals surface area contributed by atoms with Crippen molar-refractivity contribution >= 4 is 9.24 Å². The van der Waals surface area contributed by atoms with Crippen molar-refractivity contribution in [3.63, 3.8) is 0 Å². The molecule has 2 rings (SSSR count). The molecular formula is C12H18NO2P. The molecule has 0 saturated carbocycles. The van der Waals surface area contributed by atoms with Crippen molar-refractivity contribution in [1.82, 2.24) is 5.32 Å². The minimum Gasteiger partial charge on any atom is -0.484 e. The van der Waals surface area contributed by atoms with Crippen LogP contribution < -0.4 is 10.1 Å².